The van der Waals surface area contributed by atoms with E-state index in [-0.39, 0.29) is 6.04 Å². The molecule has 3 unspecified atom stereocenters. The Bertz CT molecular complexity index is 561. The first-order valence-electron chi connectivity index (χ1n) is 9.39. The molecule has 3 atom stereocenters. The number of rotatable bonds is 7. The largest absolute Gasteiger partial charge is 0.497 e. The van der Waals surface area contributed by atoms with Gasteiger partial charge >= 0.3 is 0 Å². The Labute approximate surface area is 158 Å². The lowest BCUT2D eigenvalue weighted by Gasteiger charge is -2.40. The number of methoxy groups -OCH3 is 2. The molecule has 1 aliphatic heterocycles. The van der Waals surface area contributed by atoms with E-state index in [1.807, 2.05) is 7.05 Å². The van der Waals surface area contributed by atoms with Crippen molar-refractivity contribution in [1.82, 2.24) is 15.5 Å². The minimum atomic E-state index is 0.220. The van der Waals surface area contributed by atoms with E-state index < -0.39 is 0 Å². The fourth-order valence-electron chi connectivity index (χ4n) is 3.75. The van der Waals surface area contributed by atoms with E-state index in [0.717, 1.165) is 24.8 Å². The lowest BCUT2D eigenvalue weighted by atomic mass is 9.85. The fourth-order valence-corrected chi connectivity index (χ4v) is 3.75. The Kier molecular flexibility index (Phi) is 8.19. The van der Waals surface area contributed by atoms with Gasteiger partial charge in [-0.05, 0) is 57.0 Å². The number of nitrogens with one attached hydrogen (secondary N) is 2. The van der Waals surface area contributed by atoms with Gasteiger partial charge in [0.15, 0.2) is 5.96 Å². The van der Waals surface area contributed by atoms with Crippen molar-refractivity contribution < 1.29 is 9.47 Å². The standard InChI is InChI=1S/C20H34N4O2/c1-15(14-25-4)23-20(21-2)22-13-17-7-6-12-24(3)19(17)16-8-10-18(26-5)11-9-16/h8-11,15,17,19H,6-7,12-14H2,1-5H3,(H2,21,22,23). The molecule has 146 valence electrons. The van der Waals surface area contributed by atoms with Crippen LogP contribution in [0.15, 0.2) is 29.3 Å². The van der Waals surface area contributed by atoms with Crippen LogP contribution in [0.3, 0.4) is 0 Å². The molecule has 1 saturated heterocycles. The molecule has 1 aromatic rings. The van der Waals surface area contributed by atoms with E-state index in [0.29, 0.717) is 18.6 Å². The monoisotopic (exact) mass is 362 g/mol. The van der Waals surface area contributed by atoms with Crippen molar-refractivity contribution in [2.24, 2.45) is 10.9 Å². The molecule has 1 aromatic carbocycles. The Morgan fingerprint density at radius 1 is 1.31 bits per heavy atom. The van der Waals surface area contributed by atoms with Crippen molar-refractivity contribution in [2.45, 2.75) is 31.8 Å². The van der Waals surface area contributed by atoms with Crippen LogP contribution in [-0.4, -0.2) is 64.9 Å². The summed E-state index contributed by atoms with van der Waals surface area (Å²) < 4.78 is 10.5. The van der Waals surface area contributed by atoms with Gasteiger partial charge in [-0.3, -0.25) is 9.89 Å². The van der Waals surface area contributed by atoms with Gasteiger partial charge in [0.05, 0.1) is 13.7 Å². The van der Waals surface area contributed by atoms with Crippen molar-refractivity contribution in [1.29, 1.82) is 0 Å². The molecule has 0 aromatic heterocycles. The molecule has 1 heterocycles. The zero-order valence-corrected chi connectivity index (χ0v) is 16.8. The third-order valence-electron chi connectivity index (χ3n) is 5.02. The molecule has 0 spiro atoms. The molecule has 6 nitrogen and oxygen atoms in total. The van der Waals surface area contributed by atoms with Crippen LogP contribution in [0.1, 0.15) is 31.4 Å². The summed E-state index contributed by atoms with van der Waals surface area (Å²) in [6, 6.07) is 9.09. The van der Waals surface area contributed by atoms with Crippen molar-refractivity contribution >= 4 is 5.96 Å². The van der Waals surface area contributed by atoms with E-state index in [4.69, 9.17) is 9.47 Å². The third kappa shape index (κ3) is 5.61. The Balaban J connectivity index is 2.02. The second-order valence-electron chi connectivity index (χ2n) is 7.05. The second kappa shape index (κ2) is 10.4. The summed E-state index contributed by atoms with van der Waals surface area (Å²) in [7, 11) is 7.45. The predicted octanol–water partition coefficient (Wildman–Crippen LogP) is 2.28. The summed E-state index contributed by atoms with van der Waals surface area (Å²) in [6.45, 7) is 4.76. The van der Waals surface area contributed by atoms with Gasteiger partial charge in [0.25, 0.3) is 0 Å². The molecule has 0 amide bonds. The molecule has 6 heteroatoms. The van der Waals surface area contributed by atoms with Gasteiger partial charge in [0, 0.05) is 32.8 Å². The summed E-state index contributed by atoms with van der Waals surface area (Å²) in [6.07, 6.45) is 2.43. The Morgan fingerprint density at radius 2 is 2.04 bits per heavy atom. The van der Waals surface area contributed by atoms with Crippen molar-refractivity contribution in [3.8, 4) is 5.75 Å². The molecule has 0 saturated carbocycles. The zero-order valence-electron chi connectivity index (χ0n) is 16.8. The fraction of sp³-hybridized carbons (Fsp3) is 0.650. The van der Waals surface area contributed by atoms with Crippen molar-refractivity contribution in [3.63, 3.8) is 0 Å². The highest BCUT2D eigenvalue weighted by Gasteiger charge is 2.30. The number of benzene rings is 1. The zero-order chi connectivity index (χ0) is 18.9. The van der Waals surface area contributed by atoms with Crippen LogP contribution in [0, 0.1) is 5.92 Å². The van der Waals surface area contributed by atoms with Crippen LogP contribution in [-0.2, 0) is 4.74 Å². The van der Waals surface area contributed by atoms with Crippen molar-refractivity contribution in [2.75, 3.05) is 48.0 Å². The number of nitrogens with zero attached hydrogens (tertiary/aromatic N) is 2. The van der Waals surface area contributed by atoms with Gasteiger partial charge in [-0.1, -0.05) is 12.1 Å². The highest BCUT2D eigenvalue weighted by Crippen LogP contribution is 2.35. The van der Waals surface area contributed by atoms with Gasteiger partial charge < -0.3 is 20.1 Å². The number of guanidine groups is 1. The molecular formula is C20H34N4O2. The first-order chi connectivity index (χ1) is 12.6. The number of piperidine rings is 1. The molecule has 1 aliphatic rings. The summed E-state index contributed by atoms with van der Waals surface area (Å²) >= 11 is 0. The third-order valence-corrected chi connectivity index (χ3v) is 5.02. The topological polar surface area (TPSA) is 58.1 Å². The maximum atomic E-state index is 5.30. The van der Waals surface area contributed by atoms with Crippen molar-refractivity contribution in [3.05, 3.63) is 29.8 Å². The lowest BCUT2D eigenvalue weighted by Crippen LogP contribution is -2.47. The maximum absolute atomic E-state index is 5.30. The molecule has 0 bridgehead atoms. The maximum Gasteiger partial charge on any atom is 0.191 e. The summed E-state index contributed by atoms with van der Waals surface area (Å²) in [5.41, 5.74) is 1.34. The summed E-state index contributed by atoms with van der Waals surface area (Å²) in [5.74, 6) is 2.26. The SMILES string of the molecule is CN=C(NCC1CCCN(C)C1c1ccc(OC)cc1)NC(C)COC. The van der Waals surface area contributed by atoms with Gasteiger partial charge in [-0.15, -0.1) is 0 Å². The van der Waals surface area contributed by atoms with Crippen LogP contribution in [0.25, 0.3) is 0 Å². The first-order valence-corrected chi connectivity index (χ1v) is 9.39. The first kappa shape index (κ1) is 20.5. The molecule has 1 fully saturated rings. The van der Waals surface area contributed by atoms with E-state index >= 15 is 0 Å². The Morgan fingerprint density at radius 3 is 2.65 bits per heavy atom. The highest BCUT2D eigenvalue weighted by molar-refractivity contribution is 5.79. The molecule has 2 rings (SSSR count). The van der Waals surface area contributed by atoms with Gasteiger partial charge in [-0.25, -0.2) is 0 Å². The average Bonchev–Trinajstić information content (AvgIpc) is 2.65. The molecule has 26 heavy (non-hydrogen) atoms. The van der Waals surface area contributed by atoms with Gasteiger partial charge in [0.1, 0.15) is 5.75 Å². The van der Waals surface area contributed by atoms with Gasteiger partial charge in [-0.2, -0.15) is 0 Å². The summed E-state index contributed by atoms with van der Waals surface area (Å²) in [5, 5.41) is 6.88. The van der Waals surface area contributed by atoms with E-state index in [9.17, 15) is 0 Å². The number of likely N-dealkylation sites (tertiary alicyclic amines) is 1. The summed E-state index contributed by atoms with van der Waals surface area (Å²) in [4.78, 5) is 6.80. The Hall–Kier alpha value is -1.79. The molecular weight excluding hydrogens is 328 g/mol. The second-order valence-corrected chi connectivity index (χ2v) is 7.05. The number of ether oxygens (including phenoxy) is 2. The quantitative estimate of drug-likeness (QED) is 0.576. The number of aliphatic imine (C=N–C) groups is 1. The number of hydrogen-bond acceptors (Lipinski definition) is 4. The average molecular weight is 363 g/mol. The van der Waals surface area contributed by atoms with Crippen LogP contribution >= 0.6 is 0 Å². The van der Waals surface area contributed by atoms with E-state index in [1.165, 1.54) is 18.4 Å². The minimum Gasteiger partial charge on any atom is -0.497 e. The minimum absolute atomic E-state index is 0.220. The normalized spacial score (nSPS) is 22.7. The van der Waals surface area contributed by atoms with Gasteiger partial charge in [0.2, 0.25) is 0 Å². The smallest absolute Gasteiger partial charge is 0.191 e. The molecule has 0 radical (unpaired) electrons. The van der Waals surface area contributed by atoms with Crippen LogP contribution in [0.4, 0.5) is 0 Å². The lowest BCUT2D eigenvalue weighted by molar-refractivity contribution is 0.122. The van der Waals surface area contributed by atoms with Crippen LogP contribution in [0.5, 0.6) is 5.75 Å². The predicted molar refractivity (Wildman–Crippen MR) is 107 cm³/mol. The highest BCUT2D eigenvalue weighted by atomic mass is 16.5. The number of hydrogen-bond donors (Lipinski definition) is 2. The van der Waals surface area contributed by atoms with E-state index in [1.54, 1.807) is 14.2 Å². The molecule has 2 N–H and O–H groups in total. The molecule has 0 aliphatic carbocycles. The van der Waals surface area contributed by atoms with Crippen LogP contribution in [0.2, 0.25) is 0 Å². The van der Waals surface area contributed by atoms with E-state index in [2.05, 4.69) is 58.8 Å². The van der Waals surface area contributed by atoms with Crippen LogP contribution < -0.4 is 15.4 Å².